The summed E-state index contributed by atoms with van der Waals surface area (Å²) in [6.45, 7) is 4.27. The molecule has 2 aromatic rings. The van der Waals surface area contributed by atoms with Gasteiger partial charge in [0.15, 0.2) is 0 Å². The number of nitrogens with one attached hydrogen (secondary N) is 1. The first-order valence-electron chi connectivity index (χ1n) is 8.99. The van der Waals surface area contributed by atoms with E-state index in [1.807, 2.05) is 0 Å². The van der Waals surface area contributed by atoms with Gasteiger partial charge in [-0.15, -0.1) is 11.3 Å². The van der Waals surface area contributed by atoms with Crippen LogP contribution in [0.1, 0.15) is 30.6 Å². The van der Waals surface area contributed by atoms with Gasteiger partial charge in [-0.05, 0) is 38.7 Å². The normalized spacial score (nSPS) is 22.6. The van der Waals surface area contributed by atoms with Gasteiger partial charge in [-0.1, -0.05) is 11.8 Å². The predicted molar refractivity (Wildman–Crippen MR) is 103 cm³/mol. The zero-order chi connectivity index (χ0) is 18.0. The number of aromatic nitrogens is 2. The highest BCUT2D eigenvalue weighted by molar-refractivity contribution is 8.00. The summed E-state index contributed by atoms with van der Waals surface area (Å²) >= 11 is 3.13. The number of rotatable bonds is 4. The molecule has 140 valence electrons. The maximum Gasteiger partial charge on any atom is 0.230 e. The van der Waals surface area contributed by atoms with Crippen molar-refractivity contribution < 1.29 is 14.3 Å². The molecule has 0 unspecified atom stereocenters. The van der Waals surface area contributed by atoms with Gasteiger partial charge in [0.05, 0.1) is 11.4 Å². The summed E-state index contributed by atoms with van der Waals surface area (Å²) in [6, 6.07) is 2.27. The number of carbonyl (C=O) groups is 1. The van der Waals surface area contributed by atoms with Crippen molar-refractivity contribution in [2.75, 3.05) is 25.6 Å². The summed E-state index contributed by atoms with van der Waals surface area (Å²) in [7, 11) is 0. The summed E-state index contributed by atoms with van der Waals surface area (Å²) in [5.74, 6) is 0.428. The van der Waals surface area contributed by atoms with E-state index in [1.165, 1.54) is 16.6 Å². The topological polar surface area (TPSA) is 73.3 Å². The summed E-state index contributed by atoms with van der Waals surface area (Å²) in [6.07, 6.45) is 5.18. The zero-order valence-electron chi connectivity index (χ0n) is 14.8. The van der Waals surface area contributed by atoms with Crippen LogP contribution < -0.4 is 5.32 Å². The number of hydrogen-bond acceptors (Lipinski definition) is 7. The van der Waals surface area contributed by atoms with Crippen molar-refractivity contribution >= 4 is 39.2 Å². The van der Waals surface area contributed by atoms with Crippen LogP contribution in [-0.2, 0) is 14.3 Å². The van der Waals surface area contributed by atoms with Crippen molar-refractivity contribution in [3.63, 3.8) is 0 Å². The monoisotopic (exact) mass is 393 g/mol. The van der Waals surface area contributed by atoms with Crippen molar-refractivity contribution in [3.05, 3.63) is 17.3 Å². The molecule has 0 aromatic carbocycles. The maximum atomic E-state index is 12.5. The second-order valence-electron chi connectivity index (χ2n) is 6.94. The lowest BCUT2D eigenvalue weighted by Gasteiger charge is -2.43. The Labute approximate surface area is 161 Å². The summed E-state index contributed by atoms with van der Waals surface area (Å²) in [5, 5.41) is 5.11. The van der Waals surface area contributed by atoms with Gasteiger partial charge in [0.2, 0.25) is 5.91 Å². The zero-order valence-corrected chi connectivity index (χ0v) is 16.5. The molecule has 8 heteroatoms. The van der Waals surface area contributed by atoms with Crippen molar-refractivity contribution in [2.24, 2.45) is 0 Å². The Morgan fingerprint density at radius 3 is 3.08 bits per heavy atom. The Hall–Kier alpha value is -1.22. The van der Waals surface area contributed by atoms with E-state index >= 15 is 0 Å². The average Bonchev–Trinajstić information content (AvgIpc) is 3.01. The van der Waals surface area contributed by atoms with E-state index in [0.29, 0.717) is 12.4 Å². The lowest BCUT2D eigenvalue weighted by Crippen LogP contribution is -2.51. The fraction of sp³-hybridized carbons (Fsp3) is 0.611. The van der Waals surface area contributed by atoms with Gasteiger partial charge < -0.3 is 14.8 Å². The minimum absolute atomic E-state index is 0.0582. The number of thiophene rings is 1. The van der Waals surface area contributed by atoms with E-state index in [1.54, 1.807) is 17.7 Å². The number of amides is 1. The molecule has 1 N–H and O–H groups in total. The highest BCUT2D eigenvalue weighted by Gasteiger charge is 2.39. The first-order valence-corrected chi connectivity index (χ1v) is 10.8. The Morgan fingerprint density at radius 1 is 1.38 bits per heavy atom. The molecule has 4 heterocycles. The molecule has 2 aliphatic heterocycles. The number of fused-ring (bicyclic) bond motifs is 1. The Kier molecular flexibility index (Phi) is 5.45. The Balaban J connectivity index is 1.33. The number of carbonyl (C=O) groups excluding carboxylic acids is 1. The second-order valence-corrected chi connectivity index (χ2v) is 9.14. The third-order valence-corrected chi connectivity index (χ3v) is 6.98. The Bertz CT molecular complexity index is 784. The molecule has 0 saturated carbocycles. The molecule has 4 rings (SSSR count). The van der Waals surface area contributed by atoms with Crippen molar-refractivity contribution in [2.45, 2.75) is 49.3 Å². The number of ether oxygens (including phenoxy) is 2. The minimum atomic E-state index is -0.103. The Morgan fingerprint density at radius 2 is 2.23 bits per heavy atom. The average molecular weight is 394 g/mol. The molecule has 1 spiro atoms. The highest BCUT2D eigenvalue weighted by atomic mass is 32.2. The quantitative estimate of drug-likeness (QED) is 0.636. The van der Waals surface area contributed by atoms with Crippen LogP contribution in [0.2, 0.25) is 0 Å². The van der Waals surface area contributed by atoms with E-state index < -0.39 is 0 Å². The SMILES string of the molecule is Cc1cc2c(SCC(=O)N[C@H]3CCOC4(CCOCC4)C3)ncnc2s1. The van der Waals surface area contributed by atoms with Gasteiger partial charge in [0.25, 0.3) is 0 Å². The fourth-order valence-corrected chi connectivity index (χ4v) is 5.41. The molecule has 0 radical (unpaired) electrons. The number of hydrogen-bond donors (Lipinski definition) is 1. The smallest absolute Gasteiger partial charge is 0.230 e. The molecule has 0 bridgehead atoms. The van der Waals surface area contributed by atoms with Gasteiger partial charge in [0.1, 0.15) is 16.2 Å². The van der Waals surface area contributed by atoms with Crippen LogP contribution in [0.15, 0.2) is 17.4 Å². The van der Waals surface area contributed by atoms with Crippen LogP contribution in [0.25, 0.3) is 10.2 Å². The molecule has 6 nitrogen and oxygen atoms in total. The van der Waals surface area contributed by atoms with Crippen LogP contribution in [0, 0.1) is 6.92 Å². The van der Waals surface area contributed by atoms with Crippen molar-refractivity contribution in [1.82, 2.24) is 15.3 Å². The standard InChI is InChI=1S/C18H23N3O3S2/c1-12-8-14-16(19-11-20-17(14)26-12)25-10-15(22)21-13-2-5-24-18(9-13)3-6-23-7-4-18/h8,11,13H,2-7,9-10H2,1H3,(H,21,22)/t13-/m0/s1. The van der Waals surface area contributed by atoms with Crippen LogP contribution in [0.4, 0.5) is 0 Å². The summed E-state index contributed by atoms with van der Waals surface area (Å²) in [5.41, 5.74) is -0.103. The van der Waals surface area contributed by atoms with Gasteiger partial charge in [0, 0.05) is 36.1 Å². The van der Waals surface area contributed by atoms with E-state index in [4.69, 9.17) is 9.47 Å². The summed E-state index contributed by atoms with van der Waals surface area (Å²) < 4.78 is 11.5. The number of nitrogens with zero attached hydrogens (tertiary/aromatic N) is 2. The molecule has 2 aromatic heterocycles. The van der Waals surface area contributed by atoms with Crippen molar-refractivity contribution in [3.8, 4) is 0 Å². The minimum Gasteiger partial charge on any atom is -0.381 e. The molecule has 2 aliphatic rings. The maximum absolute atomic E-state index is 12.5. The van der Waals surface area contributed by atoms with E-state index in [2.05, 4.69) is 28.3 Å². The number of thioether (sulfide) groups is 1. The van der Waals surface area contributed by atoms with Gasteiger partial charge in [-0.2, -0.15) is 0 Å². The lowest BCUT2D eigenvalue weighted by molar-refractivity contribution is -0.143. The van der Waals surface area contributed by atoms with Gasteiger partial charge >= 0.3 is 0 Å². The van der Waals surface area contributed by atoms with Crippen LogP contribution >= 0.6 is 23.1 Å². The molecule has 0 aliphatic carbocycles. The molecule has 1 atom stereocenters. The lowest BCUT2D eigenvalue weighted by atomic mass is 9.84. The van der Waals surface area contributed by atoms with Gasteiger partial charge in [-0.3, -0.25) is 4.79 Å². The number of aryl methyl sites for hydroxylation is 1. The third-order valence-electron chi connectivity index (χ3n) is 5.02. The molecule has 2 fully saturated rings. The first kappa shape index (κ1) is 18.2. The molecule has 2 saturated heterocycles. The molecule has 26 heavy (non-hydrogen) atoms. The molecular formula is C18H23N3O3S2. The first-order chi connectivity index (χ1) is 12.6. The highest BCUT2D eigenvalue weighted by Crippen LogP contribution is 2.34. The van der Waals surface area contributed by atoms with Crippen molar-refractivity contribution in [1.29, 1.82) is 0 Å². The van der Waals surface area contributed by atoms with Crippen LogP contribution in [0.5, 0.6) is 0 Å². The third kappa shape index (κ3) is 4.03. The fourth-order valence-electron chi connectivity index (χ4n) is 3.72. The molecular weight excluding hydrogens is 370 g/mol. The summed E-state index contributed by atoms with van der Waals surface area (Å²) in [4.78, 5) is 23.3. The van der Waals surface area contributed by atoms with Crippen LogP contribution in [0.3, 0.4) is 0 Å². The van der Waals surface area contributed by atoms with E-state index in [9.17, 15) is 4.79 Å². The van der Waals surface area contributed by atoms with E-state index in [-0.39, 0.29) is 17.6 Å². The van der Waals surface area contributed by atoms with Gasteiger partial charge in [-0.25, -0.2) is 9.97 Å². The van der Waals surface area contributed by atoms with E-state index in [0.717, 1.165) is 54.1 Å². The second kappa shape index (κ2) is 7.80. The largest absolute Gasteiger partial charge is 0.381 e. The molecule has 1 amide bonds. The van der Waals surface area contributed by atoms with Crippen LogP contribution in [-0.4, -0.2) is 53.1 Å². The predicted octanol–water partition coefficient (Wildman–Crippen LogP) is 2.94.